The zero-order chi connectivity index (χ0) is 21.7. The number of amides is 2. The molecule has 2 aromatic carbocycles. The van der Waals surface area contributed by atoms with Crippen LogP contribution in [0.25, 0.3) is 0 Å². The zero-order valence-electron chi connectivity index (χ0n) is 16.1. The minimum absolute atomic E-state index is 0.238. The van der Waals surface area contributed by atoms with E-state index in [9.17, 15) is 27.9 Å². The Morgan fingerprint density at radius 1 is 1.07 bits per heavy atom. The molecule has 0 spiro atoms. The largest absolute Gasteiger partial charge is 0.418 e. The average Bonchev–Trinajstić information content (AvgIpc) is 2.71. The maximum absolute atomic E-state index is 13.1. The van der Waals surface area contributed by atoms with Crippen molar-refractivity contribution >= 4 is 23.2 Å². The van der Waals surface area contributed by atoms with E-state index in [0.717, 1.165) is 6.07 Å². The van der Waals surface area contributed by atoms with Crippen molar-refractivity contribution in [2.24, 2.45) is 0 Å². The fourth-order valence-electron chi connectivity index (χ4n) is 3.34. The molecule has 6 nitrogen and oxygen atoms in total. The van der Waals surface area contributed by atoms with Crippen LogP contribution in [0.5, 0.6) is 0 Å². The third kappa shape index (κ3) is 5.29. The molecule has 3 N–H and O–H groups in total. The summed E-state index contributed by atoms with van der Waals surface area (Å²) in [6.07, 6.45) is -3.82. The van der Waals surface area contributed by atoms with E-state index in [1.54, 1.807) is 29.2 Å². The van der Waals surface area contributed by atoms with Crippen LogP contribution in [-0.4, -0.2) is 47.6 Å². The topological polar surface area (TPSA) is 81.7 Å². The minimum Gasteiger partial charge on any atom is -0.391 e. The van der Waals surface area contributed by atoms with Crippen molar-refractivity contribution in [3.8, 4) is 0 Å². The van der Waals surface area contributed by atoms with Gasteiger partial charge in [-0.3, -0.25) is 9.59 Å². The molecule has 1 heterocycles. The molecule has 1 fully saturated rings. The van der Waals surface area contributed by atoms with Crippen LogP contribution in [0.1, 0.15) is 28.8 Å². The van der Waals surface area contributed by atoms with E-state index in [-0.39, 0.29) is 24.7 Å². The Bertz CT molecular complexity index is 918. The highest BCUT2D eigenvalue weighted by Crippen LogP contribution is 2.34. The molecule has 0 aliphatic carbocycles. The number of hydrogen-bond acceptors (Lipinski definition) is 4. The highest BCUT2D eigenvalue weighted by molar-refractivity contribution is 6.01. The number of aliphatic hydroxyl groups is 1. The Kier molecular flexibility index (Phi) is 6.61. The minimum atomic E-state index is -4.59. The number of alkyl halides is 3. The predicted octanol–water partition coefficient (Wildman–Crippen LogP) is 3.35. The average molecular weight is 421 g/mol. The van der Waals surface area contributed by atoms with E-state index in [0.29, 0.717) is 30.6 Å². The second kappa shape index (κ2) is 9.17. The molecular weight excluding hydrogens is 399 g/mol. The van der Waals surface area contributed by atoms with E-state index >= 15 is 0 Å². The molecule has 1 atom stereocenters. The van der Waals surface area contributed by atoms with Crippen LogP contribution in [-0.2, 0) is 11.0 Å². The molecule has 0 bridgehead atoms. The number of halogens is 3. The van der Waals surface area contributed by atoms with E-state index < -0.39 is 23.8 Å². The van der Waals surface area contributed by atoms with Gasteiger partial charge in [0.1, 0.15) is 0 Å². The summed E-state index contributed by atoms with van der Waals surface area (Å²) >= 11 is 0. The molecule has 9 heteroatoms. The number of aliphatic hydroxyl groups excluding tert-OH is 1. The monoisotopic (exact) mass is 421 g/mol. The first-order valence-electron chi connectivity index (χ1n) is 9.52. The summed E-state index contributed by atoms with van der Waals surface area (Å²) in [4.78, 5) is 26.6. The number of rotatable bonds is 5. The van der Waals surface area contributed by atoms with E-state index in [4.69, 9.17) is 0 Å². The van der Waals surface area contributed by atoms with Crippen molar-refractivity contribution in [3.63, 3.8) is 0 Å². The quantitative estimate of drug-likeness (QED) is 0.692. The number of hydrogen-bond donors (Lipinski definition) is 3. The van der Waals surface area contributed by atoms with Crippen LogP contribution in [0.3, 0.4) is 0 Å². The second-order valence-corrected chi connectivity index (χ2v) is 7.04. The van der Waals surface area contributed by atoms with Gasteiger partial charge in [-0.05, 0) is 37.1 Å². The van der Waals surface area contributed by atoms with Gasteiger partial charge in [0, 0.05) is 18.8 Å². The summed E-state index contributed by atoms with van der Waals surface area (Å²) in [5.74, 6) is -0.956. The molecule has 160 valence electrons. The van der Waals surface area contributed by atoms with E-state index in [2.05, 4.69) is 10.6 Å². The Labute approximate surface area is 171 Å². The Morgan fingerprint density at radius 3 is 2.43 bits per heavy atom. The van der Waals surface area contributed by atoms with Crippen LogP contribution in [0.15, 0.2) is 48.5 Å². The number of para-hydroxylation sites is 2. The van der Waals surface area contributed by atoms with Crippen LogP contribution in [0.4, 0.5) is 24.5 Å². The number of piperidine rings is 1. The molecule has 0 radical (unpaired) electrons. The van der Waals surface area contributed by atoms with Crippen molar-refractivity contribution in [1.82, 2.24) is 4.90 Å². The summed E-state index contributed by atoms with van der Waals surface area (Å²) in [5.41, 5.74) is -0.544. The molecule has 1 unspecified atom stereocenters. The lowest BCUT2D eigenvalue weighted by atomic mass is 10.1. The summed E-state index contributed by atoms with van der Waals surface area (Å²) < 4.78 is 39.2. The van der Waals surface area contributed by atoms with Gasteiger partial charge in [-0.1, -0.05) is 24.3 Å². The Balaban J connectivity index is 1.67. The van der Waals surface area contributed by atoms with Gasteiger partial charge in [0.25, 0.3) is 5.91 Å². The molecule has 1 aliphatic heterocycles. The number of anilines is 2. The Morgan fingerprint density at radius 2 is 1.73 bits per heavy atom. The van der Waals surface area contributed by atoms with Crippen molar-refractivity contribution in [2.45, 2.75) is 25.1 Å². The Hall–Kier alpha value is -3.07. The number of carbonyl (C=O) groups excluding carboxylic acids is 2. The lowest BCUT2D eigenvalue weighted by Gasteiger charge is -2.30. The van der Waals surface area contributed by atoms with Crippen molar-refractivity contribution in [1.29, 1.82) is 0 Å². The van der Waals surface area contributed by atoms with Gasteiger partial charge in [0.15, 0.2) is 0 Å². The van der Waals surface area contributed by atoms with Crippen LogP contribution >= 0.6 is 0 Å². The first kappa shape index (κ1) is 21.6. The van der Waals surface area contributed by atoms with Gasteiger partial charge in [0.2, 0.25) is 5.91 Å². The van der Waals surface area contributed by atoms with Crippen molar-refractivity contribution in [2.75, 3.05) is 30.3 Å². The third-order valence-electron chi connectivity index (χ3n) is 4.79. The van der Waals surface area contributed by atoms with Crippen molar-refractivity contribution in [3.05, 3.63) is 59.7 Å². The van der Waals surface area contributed by atoms with Crippen molar-refractivity contribution < 1.29 is 27.9 Å². The number of nitrogens with one attached hydrogen (secondary N) is 2. The van der Waals surface area contributed by atoms with Crippen LogP contribution in [0, 0.1) is 0 Å². The maximum atomic E-state index is 13.1. The lowest BCUT2D eigenvalue weighted by molar-refractivity contribution is -0.137. The highest BCUT2D eigenvalue weighted by Gasteiger charge is 2.33. The van der Waals surface area contributed by atoms with E-state index in [1.165, 1.54) is 18.2 Å². The molecule has 0 saturated carbocycles. The highest BCUT2D eigenvalue weighted by atomic mass is 19.4. The predicted molar refractivity (Wildman–Crippen MR) is 106 cm³/mol. The van der Waals surface area contributed by atoms with Crippen LogP contribution < -0.4 is 10.6 Å². The molecule has 1 saturated heterocycles. The number of nitrogens with zero attached hydrogens (tertiary/aromatic N) is 1. The maximum Gasteiger partial charge on any atom is 0.418 e. The number of benzene rings is 2. The van der Waals surface area contributed by atoms with Gasteiger partial charge in [-0.25, -0.2) is 0 Å². The molecule has 30 heavy (non-hydrogen) atoms. The van der Waals surface area contributed by atoms with Gasteiger partial charge in [0.05, 0.1) is 29.5 Å². The molecule has 3 rings (SSSR count). The molecular formula is C21H22F3N3O3. The summed E-state index contributed by atoms with van der Waals surface area (Å²) in [5, 5.41) is 14.9. The molecule has 0 aromatic heterocycles. The standard InChI is InChI=1S/C21H22F3N3O3/c22-21(23,24)16-8-2-4-10-18(16)26-19(29)12-25-17-9-3-1-7-15(17)20(30)27-11-5-6-14(28)13-27/h1-4,7-10,14,25,28H,5-6,11-13H2,(H,26,29). The summed E-state index contributed by atoms with van der Waals surface area (Å²) in [6, 6.07) is 11.3. The molecule has 2 amide bonds. The fraction of sp³-hybridized carbons (Fsp3) is 0.333. The second-order valence-electron chi connectivity index (χ2n) is 7.04. The van der Waals surface area contributed by atoms with Gasteiger partial charge >= 0.3 is 6.18 Å². The zero-order valence-corrected chi connectivity index (χ0v) is 16.1. The number of likely N-dealkylation sites (tertiary alicyclic amines) is 1. The first-order valence-corrected chi connectivity index (χ1v) is 9.52. The molecule has 2 aromatic rings. The van der Waals surface area contributed by atoms with Gasteiger partial charge < -0.3 is 20.6 Å². The summed E-state index contributed by atoms with van der Waals surface area (Å²) in [7, 11) is 0. The SMILES string of the molecule is O=C(CNc1ccccc1C(=O)N1CCCC(O)C1)Nc1ccccc1C(F)(F)F. The number of β-amino-alcohol motifs (C(OH)–C–C–N with tert-alkyl or cyclic N) is 1. The fourth-order valence-corrected chi connectivity index (χ4v) is 3.34. The summed E-state index contributed by atoms with van der Waals surface area (Å²) in [6.45, 7) is 0.444. The normalized spacial score (nSPS) is 16.8. The molecule has 1 aliphatic rings. The first-order chi connectivity index (χ1) is 14.3. The van der Waals surface area contributed by atoms with Gasteiger partial charge in [-0.2, -0.15) is 13.2 Å². The third-order valence-corrected chi connectivity index (χ3v) is 4.79. The van der Waals surface area contributed by atoms with Gasteiger partial charge in [-0.15, -0.1) is 0 Å². The smallest absolute Gasteiger partial charge is 0.391 e. The number of carbonyl (C=O) groups is 2. The van der Waals surface area contributed by atoms with Crippen LogP contribution in [0.2, 0.25) is 0 Å². The lowest BCUT2D eigenvalue weighted by Crippen LogP contribution is -2.42. The van der Waals surface area contributed by atoms with E-state index in [1.807, 2.05) is 0 Å².